The predicted molar refractivity (Wildman–Crippen MR) is 84.3 cm³/mol. The highest BCUT2D eigenvalue weighted by Gasteiger charge is 2.30. The van der Waals surface area contributed by atoms with Crippen LogP contribution in [0.25, 0.3) is 0 Å². The van der Waals surface area contributed by atoms with Gasteiger partial charge in [0.15, 0.2) is 0 Å². The van der Waals surface area contributed by atoms with Crippen LogP contribution >= 0.6 is 0 Å². The number of nitrogens with zero attached hydrogens (tertiary/aromatic N) is 3. The first kappa shape index (κ1) is 14.4. The number of nitrogens with two attached hydrogens (primary N) is 1. The maximum absolute atomic E-state index is 12.8. The number of hydrogen-bond acceptors (Lipinski definition) is 3. The number of aromatic nitrogens is 1. The predicted octanol–water partition coefficient (Wildman–Crippen LogP) is 1.79. The minimum absolute atomic E-state index is 0.137. The monoisotopic (exact) mass is 290 g/mol. The van der Waals surface area contributed by atoms with Gasteiger partial charge in [-0.05, 0) is 51.8 Å². The Bertz CT molecular complexity index is 504. The number of hydrogen-bond donors (Lipinski definition) is 1. The van der Waals surface area contributed by atoms with E-state index in [1.165, 1.54) is 32.4 Å². The first-order valence-corrected chi connectivity index (χ1v) is 8.18. The van der Waals surface area contributed by atoms with Gasteiger partial charge in [-0.15, -0.1) is 0 Å². The molecule has 2 aliphatic rings. The number of carbonyl (C=O) groups excluding carboxylic acids is 1. The molecule has 2 aliphatic heterocycles. The first-order chi connectivity index (χ1) is 10.2. The maximum atomic E-state index is 12.8. The lowest BCUT2D eigenvalue weighted by molar-refractivity contribution is 0.0597. The molecule has 0 bridgehead atoms. The minimum Gasteiger partial charge on any atom is -0.397 e. The highest BCUT2D eigenvalue weighted by Crippen LogP contribution is 2.22. The van der Waals surface area contributed by atoms with Crippen molar-refractivity contribution in [2.24, 2.45) is 0 Å². The van der Waals surface area contributed by atoms with E-state index in [0.717, 1.165) is 31.7 Å². The maximum Gasteiger partial charge on any atom is 0.270 e. The molecule has 0 spiro atoms. The Hall–Kier alpha value is -1.49. The lowest BCUT2D eigenvalue weighted by Crippen LogP contribution is -2.49. The molecule has 21 heavy (non-hydrogen) atoms. The molecule has 0 aliphatic carbocycles. The molecule has 2 N–H and O–H groups in total. The second kappa shape index (κ2) is 6.10. The van der Waals surface area contributed by atoms with Crippen molar-refractivity contribution in [2.45, 2.75) is 45.2 Å². The summed E-state index contributed by atoms with van der Waals surface area (Å²) in [7, 11) is 0. The molecule has 2 fully saturated rings. The molecule has 3 heterocycles. The Balaban J connectivity index is 1.71. The second-order valence-electron chi connectivity index (χ2n) is 6.23. The molecule has 0 aromatic carbocycles. The van der Waals surface area contributed by atoms with Crippen molar-refractivity contribution in [1.82, 2.24) is 14.4 Å². The highest BCUT2D eigenvalue weighted by molar-refractivity contribution is 5.94. The summed E-state index contributed by atoms with van der Waals surface area (Å²) >= 11 is 0. The van der Waals surface area contributed by atoms with Gasteiger partial charge in [0.1, 0.15) is 5.69 Å². The number of piperidine rings is 1. The fourth-order valence-corrected chi connectivity index (χ4v) is 3.68. The smallest absolute Gasteiger partial charge is 0.270 e. The number of carbonyl (C=O) groups is 1. The van der Waals surface area contributed by atoms with E-state index in [2.05, 4.69) is 4.90 Å². The molecule has 1 aromatic rings. The summed E-state index contributed by atoms with van der Waals surface area (Å²) in [6.07, 6.45) is 6.80. The van der Waals surface area contributed by atoms with Crippen molar-refractivity contribution in [3.8, 4) is 0 Å². The number of likely N-dealkylation sites (tertiary alicyclic amines) is 2. The summed E-state index contributed by atoms with van der Waals surface area (Å²) in [6.45, 7) is 6.96. The molecular weight excluding hydrogens is 264 g/mol. The van der Waals surface area contributed by atoms with Crippen LogP contribution in [-0.2, 0) is 6.54 Å². The van der Waals surface area contributed by atoms with Crippen LogP contribution in [0, 0.1) is 0 Å². The Morgan fingerprint density at radius 3 is 2.76 bits per heavy atom. The molecule has 1 aromatic heterocycles. The molecule has 0 radical (unpaired) electrons. The molecular formula is C16H26N4O. The summed E-state index contributed by atoms with van der Waals surface area (Å²) < 4.78 is 1.96. The van der Waals surface area contributed by atoms with Gasteiger partial charge in [-0.25, -0.2) is 0 Å². The van der Waals surface area contributed by atoms with Crippen LogP contribution in [0.15, 0.2) is 12.3 Å². The molecule has 116 valence electrons. The molecule has 1 amide bonds. The van der Waals surface area contributed by atoms with Crippen LogP contribution in [0.4, 0.5) is 5.69 Å². The van der Waals surface area contributed by atoms with Gasteiger partial charge < -0.3 is 15.2 Å². The third-order valence-electron chi connectivity index (χ3n) is 4.82. The van der Waals surface area contributed by atoms with Crippen LogP contribution in [0.3, 0.4) is 0 Å². The van der Waals surface area contributed by atoms with E-state index in [4.69, 9.17) is 5.73 Å². The van der Waals surface area contributed by atoms with E-state index in [1.807, 2.05) is 28.7 Å². The molecule has 1 atom stereocenters. The average molecular weight is 290 g/mol. The number of anilines is 1. The van der Waals surface area contributed by atoms with Crippen LogP contribution in [-0.4, -0.2) is 52.5 Å². The van der Waals surface area contributed by atoms with Crippen molar-refractivity contribution < 1.29 is 4.79 Å². The summed E-state index contributed by atoms with van der Waals surface area (Å²) in [5.41, 5.74) is 7.26. The van der Waals surface area contributed by atoms with Crippen molar-refractivity contribution in [3.05, 3.63) is 18.0 Å². The van der Waals surface area contributed by atoms with Crippen molar-refractivity contribution in [1.29, 1.82) is 0 Å². The van der Waals surface area contributed by atoms with E-state index in [9.17, 15) is 4.79 Å². The number of rotatable bonds is 3. The van der Waals surface area contributed by atoms with Gasteiger partial charge in [-0.2, -0.15) is 0 Å². The quantitative estimate of drug-likeness (QED) is 0.923. The number of nitrogen functional groups attached to an aromatic ring is 1. The Kier molecular flexibility index (Phi) is 4.19. The van der Waals surface area contributed by atoms with Crippen LogP contribution < -0.4 is 5.73 Å². The number of aryl methyl sites for hydroxylation is 1. The number of amides is 1. The van der Waals surface area contributed by atoms with Crippen molar-refractivity contribution >= 4 is 11.6 Å². The summed E-state index contributed by atoms with van der Waals surface area (Å²) in [5, 5.41) is 0. The lowest BCUT2D eigenvalue weighted by atomic mass is 10.0. The molecule has 5 heteroatoms. The molecule has 0 saturated carbocycles. The normalized spacial score (nSPS) is 23.7. The summed E-state index contributed by atoms with van der Waals surface area (Å²) in [6, 6.07) is 2.36. The third kappa shape index (κ3) is 2.93. The zero-order chi connectivity index (χ0) is 14.8. The summed E-state index contributed by atoms with van der Waals surface area (Å²) in [5.74, 6) is 0.137. The van der Waals surface area contributed by atoms with Crippen LogP contribution in [0.5, 0.6) is 0 Å². The highest BCUT2D eigenvalue weighted by atomic mass is 16.2. The van der Waals surface area contributed by atoms with Gasteiger partial charge in [0.25, 0.3) is 5.91 Å². The van der Waals surface area contributed by atoms with E-state index < -0.39 is 0 Å². The van der Waals surface area contributed by atoms with Gasteiger partial charge in [0, 0.05) is 31.9 Å². The van der Waals surface area contributed by atoms with Gasteiger partial charge in [-0.1, -0.05) is 0 Å². The van der Waals surface area contributed by atoms with Gasteiger partial charge in [0.2, 0.25) is 0 Å². The lowest BCUT2D eigenvalue weighted by Gasteiger charge is -2.37. The van der Waals surface area contributed by atoms with Gasteiger partial charge in [-0.3, -0.25) is 9.69 Å². The second-order valence-corrected chi connectivity index (χ2v) is 6.23. The Morgan fingerprint density at radius 1 is 1.29 bits per heavy atom. The van der Waals surface area contributed by atoms with Gasteiger partial charge >= 0.3 is 0 Å². The fraction of sp³-hybridized carbons (Fsp3) is 0.688. The standard InChI is InChI=1S/C16H26N4O/c1-2-18-11-13(17)10-15(18)16(21)20-9-5-6-14(12-20)19-7-3-4-8-19/h10-11,14H,2-9,12,17H2,1H3. The molecule has 5 nitrogen and oxygen atoms in total. The Labute approximate surface area is 126 Å². The van der Waals surface area contributed by atoms with Crippen LogP contribution in [0.1, 0.15) is 43.1 Å². The zero-order valence-electron chi connectivity index (χ0n) is 12.9. The van der Waals surface area contributed by atoms with E-state index in [1.54, 1.807) is 0 Å². The SMILES string of the molecule is CCn1cc(N)cc1C(=O)N1CCCC(N2CCCC2)C1. The minimum atomic E-state index is 0.137. The zero-order valence-corrected chi connectivity index (χ0v) is 12.9. The topological polar surface area (TPSA) is 54.5 Å². The Morgan fingerprint density at radius 2 is 2.05 bits per heavy atom. The van der Waals surface area contributed by atoms with Crippen molar-refractivity contribution in [2.75, 3.05) is 31.9 Å². The fourth-order valence-electron chi connectivity index (χ4n) is 3.68. The van der Waals surface area contributed by atoms with E-state index in [0.29, 0.717) is 11.7 Å². The van der Waals surface area contributed by atoms with E-state index in [-0.39, 0.29) is 5.91 Å². The van der Waals surface area contributed by atoms with E-state index >= 15 is 0 Å². The molecule has 3 rings (SSSR count). The average Bonchev–Trinajstić information content (AvgIpc) is 3.15. The third-order valence-corrected chi connectivity index (χ3v) is 4.82. The first-order valence-electron chi connectivity index (χ1n) is 8.18. The van der Waals surface area contributed by atoms with Gasteiger partial charge in [0.05, 0.1) is 5.69 Å². The summed E-state index contributed by atoms with van der Waals surface area (Å²) in [4.78, 5) is 17.4. The van der Waals surface area contributed by atoms with Crippen molar-refractivity contribution in [3.63, 3.8) is 0 Å². The largest absolute Gasteiger partial charge is 0.397 e. The molecule has 2 saturated heterocycles. The van der Waals surface area contributed by atoms with Crippen LogP contribution in [0.2, 0.25) is 0 Å². The molecule has 1 unspecified atom stereocenters.